The van der Waals surface area contributed by atoms with Gasteiger partial charge in [-0.1, -0.05) is 98.8 Å². The van der Waals surface area contributed by atoms with Gasteiger partial charge >= 0.3 is 11.9 Å². The van der Waals surface area contributed by atoms with E-state index in [2.05, 4.69) is 59.1 Å². The number of nitrogens with one attached hydrogen (secondary N) is 2. The molecule has 0 radical (unpaired) electrons. The number of carboxylic acids is 1. The van der Waals surface area contributed by atoms with Gasteiger partial charge in [-0.3, -0.25) is 19.2 Å². The average Bonchev–Trinajstić information content (AvgIpc) is 3.50. The molecule has 0 spiro atoms. The zero-order valence-electron chi connectivity index (χ0n) is 39.4. The largest absolute Gasteiger partial charge is 0.481 e. The summed E-state index contributed by atoms with van der Waals surface area (Å²) in [5.74, 6) is -0.0466. The highest BCUT2D eigenvalue weighted by atomic mass is 35.5. The van der Waals surface area contributed by atoms with Crippen LogP contribution in [0.3, 0.4) is 0 Å². The molecule has 0 unspecified atom stereocenters. The molecule has 1 aromatic carbocycles. The van der Waals surface area contributed by atoms with Gasteiger partial charge in [0.05, 0.1) is 17.4 Å². The van der Waals surface area contributed by atoms with Crippen molar-refractivity contribution in [2.75, 3.05) is 13.1 Å². The van der Waals surface area contributed by atoms with Crippen LogP contribution >= 0.6 is 11.6 Å². The van der Waals surface area contributed by atoms with Gasteiger partial charge in [0.15, 0.2) is 5.78 Å². The minimum Gasteiger partial charge on any atom is -0.481 e. The van der Waals surface area contributed by atoms with Crippen LogP contribution < -0.4 is 10.6 Å². The Bertz CT molecular complexity index is 1980. The number of fused-ring (bicyclic) bond motifs is 7. The number of halogens is 1. The number of ether oxygens (including phenoxy) is 1. The zero-order chi connectivity index (χ0) is 44.8. The lowest BCUT2D eigenvalue weighted by Crippen LogP contribution is -2.66. The summed E-state index contributed by atoms with van der Waals surface area (Å²) in [5.41, 5.74) is 2.37. The summed E-state index contributed by atoms with van der Waals surface area (Å²) in [6.45, 7) is 22.3. The Morgan fingerprint density at radius 2 is 1.50 bits per heavy atom. The molecule has 8 nitrogen and oxygen atoms in total. The van der Waals surface area contributed by atoms with Gasteiger partial charge in [-0.15, -0.1) is 0 Å². The number of benzene rings is 1. The van der Waals surface area contributed by atoms with Gasteiger partial charge in [0.25, 0.3) is 5.91 Å². The highest BCUT2D eigenvalue weighted by molar-refractivity contribution is 6.30. The minimum absolute atomic E-state index is 0.0407. The predicted octanol–water partition coefficient (Wildman–Crippen LogP) is 11.4. The number of allylic oxidation sites excluding steroid dienone is 2. The molecule has 342 valence electrons. The Balaban J connectivity index is 0.986. The van der Waals surface area contributed by atoms with Crippen molar-refractivity contribution in [2.45, 2.75) is 177 Å². The molecule has 8 rings (SSSR count). The highest BCUT2D eigenvalue weighted by Gasteiger charge is 2.70. The van der Waals surface area contributed by atoms with Gasteiger partial charge in [0.2, 0.25) is 0 Å². The first kappa shape index (κ1) is 45.8. The predicted molar refractivity (Wildman–Crippen MR) is 245 cm³/mol. The molecular weight excluding hydrogens is 796 g/mol. The number of carboxylic acid groups (broad SMARTS) is 1. The lowest BCUT2D eigenvalue weighted by Gasteiger charge is -2.72. The van der Waals surface area contributed by atoms with Crippen LogP contribution in [0.4, 0.5) is 0 Å². The number of carbonyl (C=O) groups excluding carboxylic acids is 3. The molecule has 0 saturated heterocycles. The van der Waals surface area contributed by atoms with Gasteiger partial charge in [-0.2, -0.15) is 0 Å². The van der Waals surface area contributed by atoms with Crippen LogP contribution in [-0.2, 0) is 19.1 Å². The fraction of sp³-hybridized carbons (Fsp3) is 0.774. The monoisotopic (exact) mass is 873 g/mol. The van der Waals surface area contributed by atoms with Gasteiger partial charge in [-0.05, 0) is 159 Å². The number of aliphatic carboxylic acids is 1. The maximum Gasteiger partial charge on any atom is 0.309 e. The van der Waals surface area contributed by atoms with E-state index in [1.807, 2.05) is 13.8 Å². The Morgan fingerprint density at radius 3 is 2.15 bits per heavy atom. The third-order valence-corrected chi connectivity index (χ3v) is 20.4. The van der Waals surface area contributed by atoms with Crippen LogP contribution in [0.15, 0.2) is 35.4 Å². The smallest absolute Gasteiger partial charge is 0.309 e. The minimum atomic E-state index is -0.823. The highest BCUT2D eigenvalue weighted by Crippen LogP contribution is 2.77. The van der Waals surface area contributed by atoms with E-state index in [0.29, 0.717) is 47.0 Å². The number of hydrogen-bond donors (Lipinski definition) is 3. The third-order valence-electron chi connectivity index (χ3n) is 20.2. The summed E-state index contributed by atoms with van der Waals surface area (Å²) in [5, 5.41) is 17.7. The fourth-order valence-electron chi connectivity index (χ4n) is 16.3. The fourth-order valence-corrected chi connectivity index (χ4v) is 16.5. The Morgan fingerprint density at radius 1 is 0.806 bits per heavy atom. The number of rotatable bonds is 11. The molecule has 6 fully saturated rings. The van der Waals surface area contributed by atoms with Crippen molar-refractivity contribution in [3.8, 4) is 0 Å². The average molecular weight is 874 g/mol. The summed E-state index contributed by atoms with van der Waals surface area (Å²) in [6.07, 6.45) is 15.6. The maximum absolute atomic E-state index is 14.3. The van der Waals surface area contributed by atoms with E-state index in [4.69, 9.17) is 16.3 Å². The van der Waals surface area contributed by atoms with E-state index in [1.165, 1.54) is 12.0 Å². The van der Waals surface area contributed by atoms with Gasteiger partial charge in [0.1, 0.15) is 6.10 Å². The molecule has 0 aromatic heterocycles. The number of esters is 1. The second-order valence-electron chi connectivity index (χ2n) is 24.0. The van der Waals surface area contributed by atoms with Crippen LogP contribution in [0.2, 0.25) is 5.02 Å². The van der Waals surface area contributed by atoms with Crippen LogP contribution in [0.1, 0.15) is 175 Å². The maximum atomic E-state index is 14.3. The first-order chi connectivity index (χ1) is 29.1. The van der Waals surface area contributed by atoms with E-state index in [1.54, 1.807) is 24.3 Å². The van der Waals surface area contributed by atoms with Crippen LogP contribution in [-0.4, -0.2) is 53.5 Å². The zero-order valence-corrected chi connectivity index (χ0v) is 40.2. The Hall–Kier alpha value is -2.71. The number of amides is 1. The first-order valence-electron chi connectivity index (χ1n) is 24.6. The summed E-state index contributed by atoms with van der Waals surface area (Å²) < 4.78 is 6.46. The van der Waals surface area contributed by atoms with Crippen molar-refractivity contribution in [1.29, 1.82) is 0 Å². The van der Waals surface area contributed by atoms with E-state index in [9.17, 15) is 24.3 Å². The standard InChI is InChI=1S/C53H77ClN2O6/c1-32(2)42-38(57)30-52(27-28-55-31-53(21-11-10-12-22-53)56-44(58)33-13-15-34(54)16-14-33)26-25-50(8)35(43(42)52)17-18-40-49(7)23-20-41(48(5,6)39(49)19-24-51(40,50)9)62-46(61)37-29-36(45(59)60)47(37,3)4/h13-16,32,35-37,39-41,55H,10-12,17-31H2,1-9H3,(H,56,58)(H,59,60)/t35-,36+,37-,39+,40-,41+,49+,50-,51-,52-/m1/s1. The van der Waals surface area contributed by atoms with E-state index >= 15 is 0 Å². The molecule has 9 heteroatoms. The Kier molecular flexibility index (Phi) is 11.8. The summed E-state index contributed by atoms with van der Waals surface area (Å²) in [7, 11) is 0. The van der Waals surface area contributed by atoms with E-state index in [-0.39, 0.29) is 62.4 Å². The van der Waals surface area contributed by atoms with Crippen molar-refractivity contribution in [3.63, 3.8) is 0 Å². The van der Waals surface area contributed by atoms with Crippen molar-refractivity contribution in [1.82, 2.24) is 10.6 Å². The number of hydrogen-bond acceptors (Lipinski definition) is 6. The van der Waals surface area contributed by atoms with Crippen LogP contribution in [0, 0.1) is 68.0 Å². The normalized spacial score (nSPS) is 39.1. The van der Waals surface area contributed by atoms with E-state index in [0.717, 1.165) is 102 Å². The SMILES string of the molecule is CC(C)C1=C2[C@H]3CC[C@@H]4[C@@]5(C)CC[C@H](OC(=O)[C@H]6C[C@@H](C(=O)O)C6(C)C)C(C)(C)[C@@H]5CC[C@@]4(C)[C@]3(C)CC[C@@]2(CCNCC2(NC(=O)c3ccc(Cl)cc3)CCCCC2)CC1=O. The molecule has 0 bridgehead atoms. The van der Waals surface area contributed by atoms with Gasteiger partial charge in [-0.25, -0.2) is 0 Å². The molecule has 3 N–H and O–H groups in total. The molecule has 0 heterocycles. The lowest BCUT2D eigenvalue weighted by atomic mass is 9.33. The molecule has 7 aliphatic rings. The van der Waals surface area contributed by atoms with Crippen LogP contribution in [0.25, 0.3) is 0 Å². The Labute approximate surface area is 377 Å². The van der Waals surface area contributed by atoms with Crippen LogP contribution in [0.5, 0.6) is 0 Å². The molecule has 0 aliphatic heterocycles. The third kappa shape index (κ3) is 7.15. The summed E-state index contributed by atoms with van der Waals surface area (Å²) in [4.78, 5) is 53.3. The summed E-state index contributed by atoms with van der Waals surface area (Å²) >= 11 is 6.13. The molecule has 7 aliphatic carbocycles. The molecule has 10 atom stereocenters. The topological polar surface area (TPSA) is 122 Å². The lowest BCUT2D eigenvalue weighted by molar-refractivity contribution is -0.236. The van der Waals surface area contributed by atoms with E-state index < -0.39 is 17.3 Å². The first-order valence-corrected chi connectivity index (χ1v) is 24.9. The molecule has 1 amide bonds. The van der Waals surface area contributed by atoms with Crippen molar-refractivity contribution in [3.05, 3.63) is 46.0 Å². The second kappa shape index (κ2) is 16.0. The number of Topliss-reactive ketones (excluding diaryl/α,β-unsaturated/α-hetero) is 1. The number of ketones is 1. The molecule has 62 heavy (non-hydrogen) atoms. The van der Waals surface area contributed by atoms with Crippen molar-refractivity contribution < 1.29 is 29.0 Å². The van der Waals surface area contributed by atoms with Crippen molar-refractivity contribution >= 4 is 35.2 Å². The van der Waals surface area contributed by atoms with Gasteiger partial charge < -0.3 is 20.5 Å². The number of carbonyl (C=O) groups is 4. The molecular formula is C53H77ClN2O6. The van der Waals surface area contributed by atoms with Gasteiger partial charge in [0, 0.05) is 34.4 Å². The molecule has 6 saturated carbocycles. The summed E-state index contributed by atoms with van der Waals surface area (Å²) in [6, 6.07) is 7.16. The molecule has 1 aromatic rings. The second-order valence-corrected chi connectivity index (χ2v) is 24.4. The quantitative estimate of drug-likeness (QED) is 0.149. The van der Waals surface area contributed by atoms with Crippen molar-refractivity contribution in [2.24, 2.45) is 68.0 Å².